The average Bonchev–Trinajstić information content (AvgIpc) is 2.30. The van der Waals surface area contributed by atoms with Gasteiger partial charge < -0.3 is 5.73 Å². The Balaban J connectivity index is 2.97. The largest absolute Gasteiger partial charge is 0.398 e. The summed E-state index contributed by atoms with van der Waals surface area (Å²) in [6.07, 6.45) is 0. The fourth-order valence-corrected chi connectivity index (χ4v) is 4.44. The van der Waals surface area contributed by atoms with E-state index in [9.17, 15) is 16.8 Å². The topological polar surface area (TPSA) is 94.3 Å². The van der Waals surface area contributed by atoms with Gasteiger partial charge in [-0.25, -0.2) is 16.8 Å². The SMILES string of the molecule is CCS(=O)(=O)CCS(=O)(=O)c1ccc(N)c(Cl)c1. The van der Waals surface area contributed by atoms with Gasteiger partial charge in [0.25, 0.3) is 0 Å². The van der Waals surface area contributed by atoms with Crippen molar-refractivity contribution in [3.05, 3.63) is 23.2 Å². The molecule has 102 valence electrons. The highest BCUT2D eigenvalue weighted by Gasteiger charge is 2.19. The highest BCUT2D eigenvalue weighted by atomic mass is 35.5. The molecule has 0 heterocycles. The monoisotopic (exact) mass is 311 g/mol. The molecule has 0 fully saturated rings. The van der Waals surface area contributed by atoms with Crippen molar-refractivity contribution in [2.45, 2.75) is 11.8 Å². The van der Waals surface area contributed by atoms with Crippen LogP contribution in [0.1, 0.15) is 6.92 Å². The Morgan fingerprint density at radius 2 is 1.78 bits per heavy atom. The van der Waals surface area contributed by atoms with Crippen LogP contribution in [0.25, 0.3) is 0 Å². The maximum atomic E-state index is 11.9. The zero-order valence-corrected chi connectivity index (χ0v) is 12.1. The lowest BCUT2D eigenvalue weighted by Crippen LogP contribution is -2.18. The van der Waals surface area contributed by atoms with Crippen LogP contribution in [0.15, 0.2) is 23.1 Å². The summed E-state index contributed by atoms with van der Waals surface area (Å²) in [6, 6.07) is 3.92. The number of benzene rings is 1. The van der Waals surface area contributed by atoms with E-state index in [2.05, 4.69) is 0 Å². The molecule has 0 unspecified atom stereocenters. The molecule has 0 amide bonds. The molecule has 0 saturated heterocycles. The third-order valence-electron chi connectivity index (χ3n) is 2.43. The smallest absolute Gasteiger partial charge is 0.179 e. The first-order valence-corrected chi connectivity index (χ1v) is 9.01. The summed E-state index contributed by atoms with van der Waals surface area (Å²) in [5, 5.41) is 0.134. The van der Waals surface area contributed by atoms with Gasteiger partial charge >= 0.3 is 0 Å². The second-order valence-corrected chi connectivity index (χ2v) is 8.73. The van der Waals surface area contributed by atoms with Crippen molar-refractivity contribution < 1.29 is 16.8 Å². The molecule has 5 nitrogen and oxygen atoms in total. The molecule has 1 aromatic carbocycles. The third kappa shape index (κ3) is 3.86. The minimum absolute atomic E-state index is 0.0204. The van der Waals surface area contributed by atoms with Crippen molar-refractivity contribution in [1.29, 1.82) is 0 Å². The number of rotatable bonds is 5. The Hall–Kier alpha value is -0.790. The molecular weight excluding hydrogens is 298 g/mol. The lowest BCUT2D eigenvalue weighted by atomic mass is 10.3. The molecule has 0 atom stereocenters. The van der Waals surface area contributed by atoms with E-state index in [0.717, 1.165) is 0 Å². The molecule has 1 rings (SSSR count). The first-order valence-electron chi connectivity index (χ1n) is 5.16. The molecule has 18 heavy (non-hydrogen) atoms. The predicted molar refractivity (Wildman–Crippen MR) is 72.2 cm³/mol. The summed E-state index contributed by atoms with van der Waals surface area (Å²) >= 11 is 5.73. The normalized spacial score (nSPS) is 12.6. The summed E-state index contributed by atoms with van der Waals surface area (Å²) in [6.45, 7) is 1.47. The predicted octanol–water partition coefficient (Wildman–Crippen LogP) is 1.13. The van der Waals surface area contributed by atoms with Gasteiger partial charge in [0.05, 0.1) is 27.1 Å². The molecular formula is C10H14ClNO4S2. The van der Waals surface area contributed by atoms with Crippen LogP contribution in [-0.2, 0) is 19.7 Å². The summed E-state index contributed by atoms with van der Waals surface area (Å²) in [5.74, 6) is -0.928. The Morgan fingerprint density at radius 3 is 2.28 bits per heavy atom. The highest BCUT2D eigenvalue weighted by Crippen LogP contribution is 2.23. The molecule has 0 aliphatic carbocycles. The second-order valence-electron chi connectivity index (χ2n) is 3.74. The van der Waals surface area contributed by atoms with E-state index in [1.165, 1.54) is 25.1 Å². The number of hydrogen-bond acceptors (Lipinski definition) is 5. The fraction of sp³-hybridized carbons (Fsp3) is 0.400. The minimum Gasteiger partial charge on any atom is -0.398 e. The number of anilines is 1. The summed E-state index contributed by atoms with van der Waals surface area (Å²) in [5.41, 5.74) is 5.75. The van der Waals surface area contributed by atoms with Crippen molar-refractivity contribution in [3.63, 3.8) is 0 Å². The Morgan fingerprint density at radius 1 is 1.17 bits per heavy atom. The van der Waals surface area contributed by atoms with Crippen LogP contribution < -0.4 is 5.73 Å². The number of nitrogen functional groups attached to an aromatic ring is 1. The molecule has 8 heteroatoms. The zero-order valence-electron chi connectivity index (χ0n) is 9.76. The first kappa shape index (κ1) is 15.3. The van der Waals surface area contributed by atoms with E-state index in [0.29, 0.717) is 0 Å². The van der Waals surface area contributed by atoms with Gasteiger partial charge in [-0.2, -0.15) is 0 Å². The van der Waals surface area contributed by atoms with E-state index in [1.807, 2.05) is 0 Å². The molecule has 0 spiro atoms. The zero-order chi connectivity index (χ0) is 14.0. The molecule has 0 aromatic heterocycles. The molecule has 0 aliphatic heterocycles. The van der Waals surface area contributed by atoms with Crippen molar-refractivity contribution >= 4 is 37.0 Å². The van der Waals surface area contributed by atoms with Gasteiger partial charge in [-0.3, -0.25) is 0 Å². The van der Waals surface area contributed by atoms with Crippen LogP contribution in [0.4, 0.5) is 5.69 Å². The van der Waals surface area contributed by atoms with Crippen LogP contribution in [0, 0.1) is 0 Å². The van der Waals surface area contributed by atoms with Crippen molar-refractivity contribution in [1.82, 2.24) is 0 Å². The molecule has 0 bridgehead atoms. The maximum Gasteiger partial charge on any atom is 0.179 e. The fourth-order valence-electron chi connectivity index (χ4n) is 1.20. The van der Waals surface area contributed by atoms with Gasteiger partial charge in [-0.05, 0) is 18.2 Å². The van der Waals surface area contributed by atoms with E-state index in [-0.39, 0.29) is 21.4 Å². The van der Waals surface area contributed by atoms with Crippen molar-refractivity contribution in [2.75, 3.05) is 23.0 Å². The van der Waals surface area contributed by atoms with E-state index < -0.39 is 31.2 Å². The van der Waals surface area contributed by atoms with Gasteiger partial charge in [0.15, 0.2) is 19.7 Å². The van der Waals surface area contributed by atoms with Crippen LogP contribution in [-0.4, -0.2) is 34.1 Å². The standard InChI is InChI=1S/C10H14ClNO4S2/c1-2-17(13,14)5-6-18(15,16)8-3-4-10(12)9(11)7-8/h3-4,7H,2,5-6,12H2,1H3. The lowest BCUT2D eigenvalue weighted by Gasteiger charge is -2.06. The number of halogens is 1. The molecule has 0 radical (unpaired) electrons. The van der Waals surface area contributed by atoms with Gasteiger partial charge in [0, 0.05) is 5.75 Å². The van der Waals surface area contributed by atoms with Crippen LogP contribution in [0.5, 0.6) is 0 Å². The van der Waals surface area contributed by atoms with E-state index >= 15 is 0 Å². The highest BCUT2D eigenvalue weighted by molar-refractivity contribution is 7.95. The minimum atomic E-state index is -3.66. The summed E-state index contributed by atoms with van der Waals surface area (Å²) in [7, 11) is -6.98. The summed E-state index contributed by atoms with van der Waals surface area (Å²) in [4.78, 5) is -0.0204. The number of sulfone groups is 2. The van der Waals surface area contributed by atoms with E-state index in [1.54, 1.807) is 0 Å². The lowest BCUT2D eigenvalue weighted by molar-refractivity contribution is 0.588. The van der Waals surface area contributed by atoms with Gasteiger partial charge in [0.2, 0.25) is 0 Å². The molecule has 1 aromatic rings. The van der Waals surface area contributed by atoms with Crippen molar-refractivity contribution in [3.8, 4) is 0 Å². The average molecular weight is 312 g/mol. The Kier molecular flexibility index (Phi) is 4.63. The van der Waals surface area contributed by atoms with E-state index in [4.69, 9.17) is 17.3 Å². The maximum absolute atomic E-state index is 11.9. The van der Waals surface area contributed by atoms with Gasteiger partial charge in [-0.1, -0.05) is 18.5 Å². The quantitative estimate of drug-likeness (QED) is 0.823. The first-order chi connectivity index (χ1) is 8.18. The number of nitrogens with two attached hydrogens (primary N) is 1. The Labute approximate surface area is 112 Å². The Bertz CT molecular complexity index is 638. The second kappa shape index (κ2) is 5.46. The molecule has 2 N–H and O–H groups in total. The van der Waals surface area contributed by atoms with Crippen LogP contribution in [0.3, 0.4) is 0 Å². The van der Waals surface area contributed by atoms with Crippen molar-refractivity contribution in [2.24, 2.45) is 0 Å². The van der Waals surface area contributed by atoms with Crippen LogP contribution in [0.2, 0.25) is 5.02 Å². The summed E-state index contributed by atoms with van der Waals surface area (Å²) < 4.78 is 46.4. The van der Waals surface area contributed by atoms with Crippen LogP contribution >= 0.6 is 11.6 Å². The molecule has 0 saturated carbocycles. The van der Waals surface area contributed by atoms with Gasteiger partial charge in [0.1, 0.15) is 0 Å². The van der Waals surface area contributed by atoms with Gasteiger partial charge in [-0.15, -0.1) is 0 Å². The molecule has 0 aliphatic rings. The third-order valence-corrected chi connectivity index (χ3v) is 6.44. The number of hydrogen-bond donors (Lipinski definition) is 1.